The molecule has 2 aromatic rings. The van der Waals surface area contributed by atoms with Crippen LogP contribution in [0.15, 0.2) is 30.5 Å². The number of nitrogens with one attached hydrogen (secondary N) is 2. The molecule has 1 aromatic carbocycles. The van der Waals surface area contributed by atoms with Crippen molar-refractivity contribution < 1.29 is 9.90 Å². The van der Waals surface area contributed by atoms with Crippen LogP contribution < -0.4 is 5.32 Å². The Morgan fingerprint density at radius 3 is 2.84 bits per heavy atom. The number of H-pyrrole nitrogens is 1. The van der Waals surface area contributed by atoms with Crippen molar-refractivity contribution in [2.45, 2.75) is 26.4 Å². The molecule has 0 bridgehead atoms. The molecule has 0 saturated heterocycles. The second kappa shape index (κ2) is 5.05. The van der Waals surface area contributed by atoms with E-state index in [1.54, 1.807) is 13.0 Å². The lowest BCUT2D eigenvalue weighted by Gasteiger charge is -2.27. The van der Waals surface area contributed by atoms with Crippen LogP contribution in [0.4, 0.5) is 0 Å². The van der Waals surface area contributed by atoms with Crippen LogP contribution in [0.3, 0.4) is 0 Å². The van der Waals surface area contributed by atoms with Crippen LogP contribution in [0, 0.1) is 5.92 Å². The van der Waals surface area contributed by atoms with Gasteiger partial charge in [0.05, 0.1) is 5.60 Å². The average Bonchev–Trinajstić information content (AvgIpc) is 2.83. The van der Waals surface area contributed by atoms with Gasteiger partial charge in [0, 0.05) is 29.2 Å². The minimum Gasteiger partial charge on any atom is -0.388 e. The van der Waals surface area contributed by atoms with E-state index < -0.39 is 5.60 Å². The van der Waals surface area contributed by atoms with Gasteiger partial charge in [0.15, 0.2) is 0 Å². The third kappa shape index (κ3) is 2.79. The van der Waals surface area contributed by atoms with Crippen LogP contribution in [0.1, 0.15) is 31.1 Å². The zero-order valence-electron chi connectivity index (χ0n) is 11.5. The van der Waals surface area contributed by atoms with E-state index in [1.807, 2.05) is 38.2 Å². The summed E-state index contributed by atoms with van der Waals surface area (Å²) in [5, 5.41) is 13.8. The first-order chi connectivity index (χ1) is 8.92. The van der Waals surface area contributed by atoms with Gasteiger partial charge in [0.25, 0.3) is 5.91 Å². The van der Waals surface area contributed by atoms with E-state index in [0.29, 0.717) is 5.56 Å². The number of benzene rings is 1. The highest BCUT2D eigenvalue weighted by atomic mass is 16.3. The Hall–Kier alpha value is -1.81. The standard InChI is InChI=1S/C15H20N2O2/c1-10(2)15(3,19)9-17-14(18)12-5-4-6-13-11(12)7-8-16-13/h4-8,10,16,19H,9H2,1-3H3,(H,17,18). The Morgan fingerprint density at radius 2 is 2.16 bits per heavy atom. The molecule has 0 saturated carbocycles. The minimum atomic E-state index is -0.901. The first kappa shape index (κ1) is 13.6. The van der Waals surface area contributed by atoms with E-state index in [9.17, 15) is 9.90 Å². The molecule has 2 rings (SSSR count). The summed E-state index contributed by atoms with van der Waals surface area (Å²) in [5.74, 6) is -0.0815. The maximum absolute atomic E-state index is 12.2. The summed E-state index contributed by atoms with van der Waals surface area (Å²) in [6, 6.07) is 7.44. The molecule has 0 aliphatic heterocycles. The molecule has 19 heavy (non-hydrogen) atoms. The number of rotatable bonds is 4. The van der Waals surface area contributed by atoms with Gasteiger partial charge in [0.2, 0.25) is 0 Å². The largest absolute Gasteiger partial charge is 0.388 e. The number of aliphatic hydroxyl groups is 1. The molecule has 0 radical (unpaired) electrons. The quantitative estimate of drug-likeness (QED) is 0.789. The van der Waals surface area contributed by atoms with Crippen LogP contribution in [0.2, 0.25) is 0 Å². The topological polar surface area (TPSA) is 65.1 Å². The highest BCUT2D eigenvalue weighted by Crippen LogP contribution is 2.18. The van der Waals surface area contributed by atoms with E-state index in [2.05, 4.69) is 10.3 Å². The maximum atomic E-state index is 12.2. The zero-order valence-corrected chi connectivity index (χ0v) is 11.5. The molecule has 1 unspecified atom stereocenters. The fraction of sp³-hybridized carbons (Fsp3) is 0.400. The molecule has 1 aromatic heterocycles. The summed E-state index contributed by atoms with van der Waals surface area (Å²) < 4.78 is 0. The van der Waals surface area contributed by atoms with Crippen molar-refractivity contribution in [2.75, 3.05) is 6.54 Å². The Balaban J connectivity index is 2.15. The third-order valence-electron chi connectivity index (χ3n) is 3.69. The molecule has 0 aliphatic carbocycles. The SMILES string of the molecule is CC(C)C(C)(O)CNC(=O)c1cccc2[nH]ccc12. The Morgan fingerprint density at radius 1 is 1.42 bits per heavy atom. The summed E-state index contributed by atoms with van der Waals surface area (Å²) in [4.78, 5) is 15.3. The lowest BCUT2D eigenvalue weighted by Crippen LogP contribution is -2.44. The van der Waals surface area contributed by atoms with Crippen molar-refractivity contribution in [1.29, 1.82) is 0 Å². The summed E-state index contributed by atoms with van der Waals surface area (Å²) >= 11 is 0. The highest BCUT2D eigenvalue weighted by Gasteiger charge is 2.25. The summed E-state index contributed by atoms with van der Waals surface area (Å²) in [7, 11) is 0. The number of aromatic nitrogens is 1. The van der Waals surface area contributed by atoms with Gasteiger partial charge in [0.1, 0.15) is 0 Å². The van der Waals surface area contributed by atoms with Crippen LogP contribution in [-0.4, -0.2) is 28.1 Å². The number of carbonyl (C=O) groups is 1. The summed E-state index contributed by atoms with van der Waals surface area (Å²) in [5.41, 5.74) is 0.656. The van der Waals surface area contributed by atoms with Crippen molar-refractivity contribution in [3.8, 4) is 0 Å². The molecular formula is C15H20N2O2. The van der Waals surface area contributed by atoms with E-state index in [1.165, 1.54) is 0 Å². The number of amides is 1. The number of fused-ring (bicyclic) bond motifs is 1. The lowest BCUT2D eigenvalue weighted by molar-refractivity contribution is 0.0142. The summed E-state index contributed by atoms with van der Waals surface area (Å²) in [6.07, 6.45) is 1.81. The van der Waals surface area contributed by atoms with Gasteiger partial charge >= 0.3 is 0 Å². The molecular weight excluding hydrogens is 240 g/mol. The second-order valence-electron chi connectivity index (χ2n) is 5.44. The highest BCUT2D eigenvalue weighted by molar-refractivity contribution is 6.06. The van der Waals surface area contributed by atoms with E-state index in [0.717, 1.165) is 10.9 Å². The van der Waals surface area contributed by atoms with Gasteiger partial charge in [-0.3, -0.25) is 4.79 Å². The van der Waals surface area contributed by atoms with Gasteiger partial charge in [-0.05, 0) is 31.0 Å². The number of hydrogen-bond acceptors (Lipinski definition) is 2. The molecule has 4 nitrogen and oxygen atoms in total. The molecule has 102 valence electrons. The predicted octanol–water partition coefficient (Wildman–Crippen LogP) is 2.30. The van der Waals surface area contributed by atoms with Crippen molar-refractivity contribution in [1.82, 2.24) is 10.3 Å². The minimum absolute atomic E-state index is 0.0795. The van der Waals surface area contributed by atoms with Crippen molar-refractivity contribution in [3.63, 3.8) is 0 Å². The molecule has 3 N–H and O–H groups in total. The van der Waals surface area contributed by atoms with Gasteiger partial charge < -0.3 is 15.4 Å². The van der Waals surface area contributed by atoms with E-state index >= 15 is 0 Å². The molecule has 1 amide bonds. The molecule has 4 heteroatoms. The van der Waals surface area contributed by atoms with Crippen LogP contribution >= 0.6 is 0 Å². The summed E-state index contributed by atoms with van der Waals surface area (Å²) in [6.45, 7) is 5.83. The lowest BCUT2D eigenvalue weighted by atomic mass is 9.92. The molecule has 0 aliphatic rings. The Bertz CT molecular complexity index is 585. The fourth-order valence-corrected chi connectivity index (χ4v) is 1.84. The Labute approximate surface area is 112 Å². The van der Waals surface area contributed by atoms with Gasteiger partial charge in [-0.15, -0.1) is 0 Å². The normalized spacial score (nSPS) is 14.6. The van der Waals surface area contributed by atoms with Gasteiger partial charge in [-0.25, -0.2) is 0 Å². The predicted molar refractivity (Wildman–Crippen MR) is 76.1 cm³/mol. The average molecular weight is 260 g/mol. The first-order valence-electron chi connectivity index (χ1n) is 6.48. The van der Waals surface area contributed by atoms with Gasteiger partial charge in [-0.2, -0.15) is 0 Å². The van der Waals surface area contributed by atoms with E-state index in [4.69, 9.17) is 0 Å². The van der Waals surface area contributed by atoms with Crippen molar-refractivity contribution in [3.05, 3.63) is 36.0 Å². The smallest absolute Gasteiger partial charge is 0.252 e. The maximum Gasteiger partial charge on any atom is 0.252 e. The number of hydrogen-bond donors (Lipinski definition) is 3. The van der Waals surface area contributed by atoms with Crippen LogP contribution in [0.5, 0.6) is 0 Å². The zero-order chi connectivity index (χ0) is 14.0. The van der Waals surface area contributed by atoms with Crippen molar-refractivity contribution >= 4 is 16.8 Å². The monoisotopic (exact) mass is 260 g/mol. The second-order valence-corrected chi connectivity index (χ2v) is 5.44. The van der Waals surface area contributed by atoms with Crippen molar-refractivity contribution in [2.24, 2.45) is 5.92 Å². The molecule has 1 atom stereocenters. The van der Waals surface area contributed by atoms with Gasteiger partial charge in [-0.1, -0.05) is 19.9 Å². The van der Waals surface area contributed by atoms with E-state index in [-0.39, 0.29) is 18.4 Å². The molecule has 0 spiro atoms. The number of carbonyl (C=O) groups excluding carboxylic acids is 1. The Kier molecular flexibility index (Phi) is 3.62. The first-order valence-corrected chi connectivity index (χ1v) is 6.48. The molecule has 1 heterocycles. The van der Waals surface area contributed by atoms with Crippen LogP contribution in [-0.2, 0) is 0 Å². The fourth-order valence-electron chi connectivity index (χ4n) is 1.84. The van der Waals surface area contributed by atoms with Crippen LogP contribution in [0.25, 0.3) is 10.9 Å². The number of aromatic amines is 1. The molecule has 0 fully saturated rings. The third-order valence-corrected chi connectivity index (χ3v) is 3.69.